The quantitative estimate of drug-likeness (QED) is 0.535. The lowest BCUT2D eigenvalue weighted by molar-refractivity contribution is -0.128. The van der Waals surface area contributed by atoms with Gasteiger partial charge in [-0.3, -0.25) is 9.69 Å². The number of likely N-dealkylation sites (N-methyl/N-ethyl adjacent to an activating group) is 1. The van der Waals surface area contributed by atoms with E-state index in [1.54, 1.807) is 6.08 Å². The first-order valence-corrected chi connectivity index (χ1v) is 10.7. The van der Waals surface area contributed by atoms with Crippen LogP contribution in [0, 0.1) is 6.92 Å². The van der Waals surface area contributed by atoms with Gasteiger partial charge in [-0.05, 0) is 56.1 Å². The maximum Gasteiger partial charge on any atom is 0.238 e. The molecular formula is C27H32N2O2. The molecular weight excluding hydrogens is 384 g/mol. The summed E-state index contributed by atoms with van der Waals surface area (Å²) in [5.74, 6) is 0.979. The SMILES string of the molecule is C=C/C=C(\C=C/C)COc1ccc(C2N(C)CC(=O)N2CCc2ccc(C)cc2)cc1. The van der Waals surface area contributed by atoms with Gasteiger partial charge in [0.05, 0.1) is 6.54 Å². The van der Waals surface area contributed by atoms with Gasteiger partial charge in [0.2, 0.25) is 5.91 Å². The number of allylic oxidation sites excluding steroid dienone is 3. The van der Waals surface area contributed by atoms with E-state index in [0.717, 1.165) is 23.3 Å². The topological polar surface area (TPSA) is 32.8 Å². The van der Waals surface area contributed by atoms with Crippen molar-refractivity contribution in [3.05, 3.63) is 102 Å². The third-order valence-corrected chi connectivity index (χ3v) is 5.48. The number of carbonyl (C=O) groups is 1. The average molecular weight is 417 g/mol. The minimum atomic E-state index is -0.0498. The van der Waals surface area contributed by atoms with Crippen molar-refractivity contribution in [3.8, 4) is 5.75 Å². The molecule has 1 unspecified atom stereocenters. The summed E-state index contributed by atoms with van der Waals surface area (Å²) in [5.41, 5.74) is 4.66. The molecule has 31 heavy (non-hydrogen) atoms. The summed E-state index contributed by atoms with van der Waals surface area (Å²) in [7, 11) is 2.00. The Morgan fingerprint density at radius 2 is 1.87 bits per heavy atom. The Labute approximate surface area is 186 Å². The molecule has 1 atom stereocenters. The summed E-state index contributed by atoms with van der Waals surface area (Å²) in [4.78, 5) is 16.7. The summed E-state index contributed by atoms with van der Waals surface area (Å²) in [5, 5.41) is 0. The van der Waals surface area contributed by atoms with E-state index < -0.39 is 0 Å². The van der Waals surface area contributed by atoms with Crippen molar-refractivity contribution >= 4 is 5.91 Å². The maximum absolute atomic E-state index is 12.7. The molecule has 1 fully saturated rings. The number of nitrogens with zero attached hydrogens (tertiary/aromatic N) is 2. The molecule has 162 valence electrons. The van der Waals surface area contributed by atoms with E-state index in [9.17, 15) is 4.79 Å². The van der Waals surface area contributed by atoms with Crippen LogP contribution in [-0.2, 0) is 11.2 Å². The number of aryl methyl sites for hydroxylation is 1. The van der Waals surface area contributed by atoms with E-state index in [-0.39, 0.29) is 12.1 Å². The van der Waals surface area contributed by atoms with Gasteiger partial charge in [-0.2, -0.15) is 0 Å². The van der Waals surface area contributed by atoms with E-state index >= 15 is 0 Å². The van der Waals surface area contributed by atoms with Crippen molar-refractivity contribution in [1.29, 1.82) is 0 Å². The number of hydrogen-bond donors (Lipinski definition) is 0. The van der Waals surface area contributed by atoms with Gasteiger partial charge in [0.1, 0.15) is 18.5 Å². The van der Waals surface area contributed by atoms with Crippen molar-refractivity contribution in [2.24, 2.45) is 0 Å². The highest BCUT2D eigenvalue weighted by molar-refractivity contribution is 5.81. The predicted octanol–water partition coefficient (Wildman–Crippen LogP) is 5.08. The number of rotatable bonds is 9. The standard InChI is InChI=1S/C27H32N2O2/c1-5-7-23(8-6-2)20-31-25-15-13-24(14-16-25)27-28(4)19-26(30)29(27)18-17-22-11-9-21(3)10-12-22/h5-16,27H,1,17-20H2,2-4H3/b8-6-,23-7+. The van der Waals surface area contributed by atoms with Crippen LogP contribution in [0.4, 0.5) is 0 Å². The van der Waals surface area contributed by atoms with Crippen molar-refractivity contribution in [2.45, 2.75) is 26.4 Å². The fourth-order valence-electron chi connectivity index (χ4n) is 3.87. The molecule has 1 aliphatic rings. The van der Waals surface area contributed by atoms with Gasteiger partial charge in [0.25, 0.3) is 0 Å². The molecule has 2 aromatic rings. The highest BCUT2D eigenvalue weighted by atomic mass is 16.5. The zero-order valence-electron chi connectivity index (χ0n) is 18.8. The van der Waals surface area contributed by atoms with Crippen LogP contribution in [0.25, 0.3) is 0 Å². The van der Waals surface area contributed by atoms with Crippen LogP contribution in [0.2, 0.25) is 0 Å². The van der Waals surface area contributed by atoms with E-state index in [1.165, 1.54) is 11.1 Å². The molecule has 3 rings (SSSR count). The second-order valence-corrected chi connectivity index (χ2v) is 7.95. The second kappa shape index (κ2) is 10.8. The zero-order valence-corrected chi connectivity index (χ0v) is 18.8. The molecule has 0 bridgehead atoms. The Bertz CT molecular complexity index is 942. The Kier molecular flexibility index (Phi) is 7.85. The van der Waals surface area contributed by atoms with Gasteiger partial charge in [-0.15, -0.1) is 0 Å². The van der Waals surface area contributed by atoms with Gasteiger partial charge in [-0.25, -0.2) is 0 Å². The van der Waals surface area contributed by atoms with Crippen molar-refractivity contribution < 1.29 is 9.53 Å². The van der Waals surface area contributed by atoms with Gasteiger partial charge < -0.3 is 9.64 Å². The summed E-state index contributed by atoms with van der Waals surface area (Å²) < 4.78 is 5.92. The molecule has 0 spiro atoms. The number of carbonyl (C=O) groups excluding carboxylic acids is 1. The molecule has 0 N–H and O–H groups in total. The first kappa shape index (κ1) is 22.6. The minimum absolute atomic E-state index is 0.0498. The van der Waals surface area contributed by atoms with Crippen LogP contribution < -0.4 is 4.74 Å². The number of benzene rings is 2. The molecule has 0 radical (unpaired) electrons. The third kappa shape index (κ3) is 5.96. The van der Waals surface area contributed by atoms with E-state index in [4.69, 9.17) is 4.74 Å². The molecule has 4 nitrogen and oxygen atoms in total. The van der Waals surface area contributed by atoms with Gasteiger partial charge in [0, 0.05) is 6.54 Å². The number of hydrogen-bond acceptors (Lipinski definition) is 3. The Morgan fingerprint density at radius 1 is 1.16 bits per heavy atom. The molecule has 4 heteroatoms. The molecule has 1 heterocycles. The van der Waals surface area contributed by atoms with Gasteiger partial charge in [0.15, 0.2) is 0 Å². The van der Waals surface area contributed by atoms with Crippen LogP contribution in [-0.4, -0.2) is 42.5 Å². The normalized spacial score (nSPS) is 17.5. The minimum Gasteiger partial charge on any atom is -0.489 e. The number of amides is 1. The van der Waals surface area contributed by atoms with E-state index in [0.29, 0.717) is 19.7 Å². The van der Waals surface area contributed by atoms with Crippen molar-refractivity contribution in [2.75, 3.05) is 26.7 Å². The van der Waals surface area contributed by atoms with Gasteiger partial charge in [-0.1, -0.05) is 72.8 Å². The fraction of sp³-hybridized carbons (Fsp3) is 0.296. The highest BCUT2D eigenvalue weighted by Gasteiger charge is 2.36. The first-order chi connectivity index (χ1) is 15.0. The molecule has 0 aliphatic carbocycles. The Morgan fingerprint density at radius 3 is 2.52 bits per heavy atom. The van der Waals surface area contributed by atoms with Crippen molar-refractivity contribution in [3.63, 3.8) is 0 Å². The van der Waals surface area contributed by atoms with Crippen LogP contribution >= 0.6 is 0 Å². The fourth-order valence-corrected chi connectivity index (χ4v) is 3.87. The zero-order chi connectivity index (χ0) is 22.2. The van der Waals surface area contributed by atoms with Crippen molar-refractivity contribution in [1.82, 2.24) is 9.80 Å². The smallest absolute Gasteiger partial charge is 0.238 e. The number of ether oxygens (including phenoxy) is 1. The summed E-state index contributed by atoms with van der Waals surface area (Å²) in [6.07, 6.45) is 8.51. The average Bonchev–Trinajstić information content (AvgIpc) is 3.05. The first-order valence-electron chi connectivity index (χ1n) is 10.7. The largest absolute Gasteiger partial charge is 0.489 e. The monoisotopic (exact) mass is 416 g/mol. The van der Waals surface area contributed by atoms with Crippen LogP contribution in [0.15, 0.2) is 85.0 Å². The molecule has 1 aliphatic heterocycles. The molecule has 0 saturated carbocycles. The lowest BCUT2D eigenvalue weighted by atomic mass is 10.1. The predicted molar refractivity (Wildman–Crippen MR) is 127 cm³/mol. The van der Waals surface area contributed by atoms with Crippen LogP contribution in [0.5, 0.6) is 5.75 Å². The Balaban J connectivity index is 1.67. The Hall–Kier alpha value is -3.11. The summed E-state index contributed by atoms with van der Waals surface area (Å²) in [6, 6.07) is 16.6. The lowest BCUT2D eigenvalue weighted by Gasteiger charge is -2.28. The lowest BCUT2D eigenvalue weighted by Crippen LogP contribution is -2.32. The second-order valence-electron chi connectivity index (χ2n) is 7.95. The van der Waals surface area contributed by atoms with Crippen LogP contribution in [0.3, 0.4) is 0 Å². The van der Waals surface area contributed by atoms with Crippen LogP contribution in [0.1, 0.15) is 29.8 Å². The van der Waals surface area contributed by atoms with Gasteiger partial charge >= 0.3 is 0 Å². The molecule has 2 aromatic carbocycles. The molecule has 0 aromatic heterocycles. The summed E-state index contributed by atoms with van der Waals surface area (Å²) >= 11 is 0. The third-order valence-electron chi connectivity index (χ3n) is 5.48. The molecule has 1 saturated heterocycles. The van der Waals surface area contributed by atoms with E-state index in [1.807, 2.05) is 49.2 Å². The van der Waals surface area contributed by atoms with E-state index in [2.05, 4.69) is 54.8 Å². The molecule has 1 amide bonds. The maximum atomic E-state index is 12.7. The summed E-state index contributed by atoms with van der Waals surface area (Å²) in [6.45, 7) is 9.45. The highest BCUT2D eigenvalue weighted by Crippen LogP contribution is 2.30.